The topological polar surface area (TPSA) is 37.3 Å². The number of aliphatic hydroxyl groups excluding tert-OH is 1. The van der Waals surface area contributed by atoms with Gasteiger partial charge in [-0.15, -0.1) is 0 Å². The van der Waals surface area contributed by atoms with Crippen molar-refractivity contribution in [3.05, 3.63) is 12.2 Å². The fourth-order valence-electron chi connectivity index (χ4n) is 11.4. The maximum Gasteiger partial charge on any atom is 0.126 e. The molecule has 32 heavy (non-hydrogen) atoms. The summed E-state index contributed by atoms with van der Waals surface area (Å²) in [5.41, 5.74) is 2.20. The van der Waals surface area contributed by atoms with E-state index in [-0.39, 0.29) is 16.9 Å². The Labute approximate surface area is 197 Å². The third-order valence-corrected chi connectivity index (χ3v) is 13.3. The Balaban J connectivity index is 1.56. The fraction of sp³-hybridized carbons (Fsp3) is 0.900. The lowest BCUT2D eigenvalue weighted by Crippen LogP contribution is -2.66. The van der Waals surface area contributed by atoms with Crippen LogP contribution in [0.15, 0.2) is 12.2 Å². The maximum atomic E-state index is 12.6. The van der Waals surface area contributed by atoms with E-state index in [1.807, 2.05) is 0 Å². The summed E-state index contributed by atoms with van der Waals surface area (Å²) in [4.78, 5) is 12.6. The van der Waals surface area contributed by atoms with Gasteiger partial charge in [0.15, 0.2) is 0 Å². The zero-order valence-corrected chi connectivity index (χ0v) is 21.7. The minimum Gasteiger partial charge on any atom is -0.393 e. The van der Waals surface area contributed by atoms with Gasteiger partial charge in [-0.05, 0) is 122 Å². The van der Waals surface area contributed by atoms with Gasteiger partial charge in [-0.25, -0.2) is 0 Å². The standard InChI is InChI=1S/C30H48O2/c1-19(2)20-10-15-30(18-31)17-16-28(6)21(25(20)30)8-9-23-27(5)13-12-24(32)26(3,4)22(27)11-14-29(23,28)7/h18,20-25,32H,1,8-17H2,2-7H3/t20-,21+,22-,23-,24-,25+,27-,28+,29+,30+/m0/s1. The Morgan fingerprint density at radius 1 is 0.844 bits per heavy atom. The number of aldehydes is 1. The van der Waals surface area contributed by atoms with Crippen LogP contribution in [0.4, 0.5) is 0 Å². The van der Waals surface area contributed by atoms with Gasteiger partial charge < -0.3 is 9.90 Å². The molecule has 10 atom stereocenters. The van der Waals surface area contributed by atoms with Gasteiger partial charge in [0.1, 0.15) is 6.29 Å². The number of allylic oxidation sites excluding steroid dienone is 1. The Kier molecular flexibility index (Phi) is 5.03. The summed E-state index contributed by atoms with van der Waals surface area (Å²) in [7, 11) is 0. The Hall–Kier alpha value is -0.630. The molecule has 2 heteroatoms. The first-order valence-corrected chi connectivity index (χ1v) is 13.7. The highest BCUT2D eigenvalue weighted by Gasteiger charge is 2.70. The lowest BCUT2D eigenvalue weighted by molar-refractivity contribution is -0.245. The third kappa shape index (κ3) is 2.60. The highest BCUT2D eigenvalue weighted by Crippen LogP contribution is 2.77. The summed E-state index contributed by atoms with van der Waals surface area (Å²) in [5, 5.41) is 10.9. The Bertz CT molecular complexity index is 814. The first-order valence-electron chi connectivity index (χ1n) is 13.7. The monoisotopic (exact) mass is 440 g/mol. The number of hydrogen-bond donors (Lipinski definition) is 1. The second-order valence-electron chi connectivity index (χ2n) is 14.4. The van der Waals surface area contributed by atoms with Gasteiger partial charge in [0.05, 0.1) is 6.10 Å². The molecule has 0 heterocycles. The van der Waals surface area contributed by atoms with Crippen LogP contribution in [0.25, 0.3) is 0 Å². The van der Waals surface area contributed by atoms with Gasteiger partial charge in [-0.2, -0.15) is 0 Å². The highest BCUT2D eigenvalue weighted by molar-refractivity contribution is 5.62. The summed E-state index contributed by atoms with van der Waals surface area (Å²) in [5.74, 6) is 3.03. The molecule has 5 aliphatic carbocycles. The molecular weight excluding hydrogens is 392 g/mol. The predicted molar refractivity (Wildman–Crippen MR) is 131 cm³/mol. The molecule has 0 unspecified atom stereocenters. The summed E-state index contributed by atoms with van der Waals surface area (Å²) < 4.78 is 0. The van der Waals surface area contributed by atoms with Crippen molar-refractivity contribution >= 4 is 6.29 Å². The average Bonchev–Trinajstić information content (AvgIpc) is 3.12. The first kappa shape index (κ1) is 23.1. The molecule has 5 saturated carbocycles. The highest BCUT2D eigenvalue weighted by atomic mass is 16.3. The van der Waals surface area contributed by atoms with E-state index < -0.39 is 0 Å². The van der Waals surface area contributed by atoms with E-state index in [0.29, 0.717) is 39.9 Å². The minimum absolute atomic E-state index is 0.0157. The third-order valence-electron chi connectivity index (χ3n) is 13.3. The van der Waals surface area contributed by atoms with Crippen LogP contribution in [-0.2, 0) is 4.79 Å². The van der Waals surface area contributed by atoms with Crippen molar-refractivity contribution in [2.75, 3.05) is 0 Å². The summed E-state index contributed by atoms with van der Waals surface area (Å²) in [6.07, 6.45) is 13.1. The minimum atomic E-state index is -0.158. The normalized spacial score (nSPS) is 56.3. The lowest BCUT2D eigenvalue weighted by atomic mass is 9.32. The van der Waals surface area contributed by atoms with E-state index in [4.69, 9.17) is 0 Å². The molecule has 0 aliphatic heterocycles. The molecule has 0 aromatic rings. The van der Waals surface area contributed by atoms with E-state index in [1.54, 1.807) is 0 Å². The predicted octanol–water partition coefficient (Wildman–Crippen LogP) is 7.20. The van der Waals surface area contributed by atoms with Crippen molar-refractivity contribution in [3.63, 3.8) is 0 Å². The van der Waals surface area contributed by atoms with Gasteiger partial charge in [-0.3, -0.25) is 0 Å². The van der Waals surface area contributed by atoms with E-state index >= 15 is 0 Å². The van der Waals surface area contributed by atoms with Gasteiger partial charge in [0.2, 0.25) is 0 Å². The molecule has 0 aromatic heterocycles. The Morgan fingerprint density at radius 2 is 1.56 bits per heavy atom. The lowest BCUT2D eigenvalue weighted by Gasteiger charge is -2.72. The van der Waals surface area contributed by atoms with E-state index in [1.165, 1.54) is 50.4 Å². The summed E-state index contributed by atoms with van der Waals surface area (Å²) in [6.45, 7) is 19.2. The number of carbonyl (C=O) groups is 1. The number of rotatable bonds is 2. The number of fused-ring (bicyclic) bond motifs is 7. The van der Waals surface area contributed by atoms with Crippen LogP contribution >= 0.6 is 0 Å². The van der Waals surface area contributed by atoms with Crippen LogP contribution in [0, 0.1) is 56.7 Å². The smallest absolute Gasteiger partial charge is 0.126 e. The van der Waals surface area contributed by atoms with Gasteiger partial charge in [-0.1, -0.05) is 46.8 Å². The average molecular weight is 441 g/mol. The van der Waals surface area contributed by atoms with Crippen molar-refractivity contribution in [2.24, 2.45) is 56.7 Å². The molecule has 0 saturated heterocycles. The van der Waals surface area contributed by atoms with Crippen molar-refractivity contribution in [1.82, 2.24) is 0 Å². The van der Waals surface area contributed by atoms with Crippen molar-refractivity contribution in [3.8, 4) is 0 Å². The van der Waals surface area contributed by atoms with Crippen LogP contribution in [0.5, 0.6) is 0 Å². The zero-order chi connectivity index (χ0) is 23.3. The molecule has 0 bridgehead atoms. The van der Waals surface area contributed by atoms with Crippen LogP contribution in [-0.4, -0.2) is 17.5 Å². The van der Waals surface area contributed by atoms with Gasteiger partial charge >= 0.3 is 0 Å². The van der Waals surface area contributed by atoms with E-state index in [9.17, 15) is 9.90 Å². The largest absolute Gasteiger partial charge is 0.393 e. The Morgan fingerprint density at radius 3 is 2.22 bits per heavy atom. The van der Waals surface area contributed by atoms with Crippen molar-refractivity contribution < 1.29 is 9.90 Å². The number of carbonyl (C=O) groups excluding carboxylic acids is 1. The van der Waals surface area contributed by atoms with Gasteiger partial charge in [0, 0.05) is 5.41 Å². The maximum absolute atomic E-state index is 12.6. The van der Waals surface area contributed by atoms with Crippen molar-refractivity contribution in [2.45, 2.75) is 112 Å². The summed E-state index contributed by atoms with van der Waals surface area (Å²) >= 11 is 0. The van der Waals surface area contributed by atoms with E-state index in [0.717, 1.165) is 31.6 Å². The molecule has 1 N–H and O–H groups in total. The molecular formula is C30H48O2. The zero-order valence-electron chi connectivity index (χ0n) is 21.7. The number of aliphatic hydroxyl groups is 1. The molecule has 2 nitrogen and oxygen atoms in total. The second-order valence-corrected chi connectivity index (χ2v) is 14.4. The first-order chi connectivity index (χ1) is 14.9. The molecule has 5 aliphatic rings. The number of hydrogen-bond acceptors (Lipinski definition) is 2. The fourth-order valence-corrected chi connectivity index (χ4v) is 11.4. The van der Waals surface area contributed by atoms with E-state index in [2.05, 4.69) is 48.1 Å². The molecule has 0 aromatic carbocycles. The van der Waals surface area contributed by atoms with Crippen LogP contribution < -0.4 is 0 Å². The second kappa shape index (κ2) is 6.96. The van der Waals surface area contributed by atoms with Crippen molar-refractivity contribution in [1.29, 1.82) is 0 Å². The van der Waals surface area contributed by atoms with Crippen LogP contribution in [0.3, 0.4) is 0 Å². The molecule has 0 radical (unpaired) electrons. The van der Waals surface area contributed by atoms with Crippen LogP contribution in [0.2, 0.25) is 0 Å². The molecule has 180 valence electrons. The summed E-state index contributed by atoms with van der Waals surface area (Å²) in [6, 6.07) is 0. The van der Waals surface area contributed by atoms with Crippen LogP contribution in [0.1, 0.15) is 106 Å². The molecule has 0 spiro atoms. The molecule has 0 amide bonds. The van der Waals surface area contributed by atoms with Gasteiger partial charge in [0.25, 0.3) is 0 Å². The molecule has 5 rings (SSSR count). The SMILES string of the molecule is C=C(C)[C@@H]1CC[C@]2(C=O)CC[C@]3(C)[C@H](CC[C@H]4[C@@]5(C)CC[C@H](O)C(C)(C)[C@@H]5CC[C@]43C)[C@@H]12. The quantitative estimate of drug-likeness (QED) is 0.364. The molecule has 5 fully saturated rings.